The van der Waals surface area contributed by atoms with Crippen LogP contribution in [-0.2, 0) is 11.2 Å². The van der Waals surface area contributed by atoms with Crippen LogP contribution >= 0.6 is 11.3 Å². The van der Waals surface area contributed by atoms with Crippen molar-refractivity contribution >= 4 is 22.4 Å². The van der Waals surface area contributed by atoms with Crippen LogP contribution in [0.1, 0.15) is 45.5 Å². The summed E-state index contributed by atoms with van der Waals surface area (Å²) in [6.07, 6.45) is 3.20. The number of aryl methyl sites for hydroxylation is 1. The van der Waals surface area contributed by atoms with E-state index in [0.717, 1.165) is 24.3 Å². The van der Waals surface area contributed by atoms with Crippen LogP contribution in [0.3, 0.4) is 0 Å². The average molecular weight is 241 g/mol. The number of hydrogen-bond acceptors (Lipinski definition) is 4. The van der Waals surface area contributed by atoms with Gasteiger partial charge < -0.3 is 5.32 Å². The molecule has 1 rings (SSSR count). The first-order valence-electron chi connectivity index (χ1n) is 5.57. The smallest absolute Gasteiger partial charge is 0.231 e. The van der Waals surface area contributed by atoms with E-state index in [9.17, 15) is 4.79 Å². The van der Waals surface area contributed by atoms with Gasteiger partial charge in [0, 0.05) is 11.8 Å². The number of carbonyl (C=O) groups excluding carboxylic acids is 1. The fourth-order valence-electron chi connectivity index (χ4n) is 1.02. The second-order valence-electron chi connectivity index (χ2n) is 4.81. The van der Waals surface area contributed by atoms with Gasteiger partial charge in [-0.05, 0) is 6.42 Å². The molecule has 4 nitrogen and oxygen atoms in total. The van der Waals surface area contributed by atoms with Crippen LogP contribution in [0, 0.1) is 5.41 Å². The summed E-state index contributed by atoms with van der Waals surface area (Å²) in [4.78, 5) is 11.7. The van der Waals surface area contributed by atoms with Crippen molar-refractivity contribution in [3.63, 3.8) is 0 Å². The monoisotopic (exact) mass is 241 g/mol. The van der Waals surface area contributed by atoms with Gasteiger partial charge in [-0.15, -0.1) is 10.2 Å². The minimum atomic E-state index is -0.394. The summed E-state index contributed by atoms with van der Waals surface area (Å²) < 4.78 is 0. The van der Waals surface area contributed by atoms with Crippen LogP contribution in [-0.4, -0.2) is 16.1 Å². The number of nitrogens with zero attached hydrogens (tertiary/aromatic N) is 2. The van der Waals surface area contributed by atoms with Gasteiger partial charge in [0.05, 0.1) is 0 Å². The lowest BCUT2D eigenvalue weighted by molar-refractivity contribution is -0.123. The molecule has 1 heterocycles. The van der Waals surface area contributed by atoms with Crippen molar-refractivity contribution in [3.05, 3.63) is 5.01 Å². The zero-order chi connectivity index (χ0) is 12.2. The highest BCUT2D eigenvalue weighted by Crippen LogP contribution is 2.21. The minimum Gasteiger partial charge on any atom is -0.300 e. The first-order valence-corrected chi connectivity index (χ1v) is 6.39. The van der Waals surface area contributed by atoms with E-state index in [1.807, 2.05) is 20.8 Å². The summed E-state index contributed by atoms with van der Waals surface area (Å²) >= 11 is 1.46. The Labute approximate surface area is 100 Å². The predicted molar refractivity (Wildman–Crippen MR) is 66.6 cm³/mol. The van der Waals surface area contributed by atoms with Gasteiger partial charge in [-0.3, -0.25) is 4.79 Å². The van der Waals surface area contributed by atoms with Gasteiger partial charge in [0.25, 0.3) is 0 Å². The predicted octanol–water partition coefficient (Wildman–Crippen LogP) is 2.87. The molecule has 0 aliphatic carbocycles. The number of rotatable bonds is 4. The Hall–Kier alpha value is -0.970. The number of amides is 1. The maximum atomic E-state index is 11.7. The van der Waals surface area contributed by atoms with Gasteiger partial charge in [0.2, 0.25) is 11.0 Å². The summed E-state index contributed by atoms with van der Waals surface area (Å²) in [7, 11) is 0. The van der Waals surface area contributed by atoms with Crippen molar-refractivity contribution in [2.45, 2.75) is 47.0 Å². The molecule has 0 atom stereocenters. The molecule has 0 saturated heterocycles. The van der Waals surface area contributed by atoms with Crippen molar-refractivity contribution in [3.8, 4) is 0 Å². The van der Waals surface area contributed by atoms with Crippen molar-refractivity contribution < 1.29 is 4.79 Å². The van der Waals surface area contributed by atoms with E-state index in [0.29, 0.717) is 5.13 Å². The molecule has 1 aromatic heterocycles. The van der Waals surface area contributed by atoms with Crippen LogP contribution in [0.15, 0.2) is 0 Å². The lowest BCUT2D eigenvalue weighted by atomic mass is 9.96. The van der Waals surface area contributed by atoms with Gasteiger partial charge in [0.1, 0.15) is 5.01 Å². The molecule has 5 heteroatoms. The number of anilines is 1. The minimum absolute atomic E-state index is 0.0225. The molecule has 0 aliphatic rings. The van der Waals surface area contributed by atoms with Crippen LogP contribution in [0.2, 0.25) is 0 Å². The molecule has 0 aliphatic heterocycles. The number of unbranched alkanes of at least 4 members (excludes halogenated alkanes) is 1. The molecule has 0 spiro atoms. The Morgan fingerprint density at radius 1 is 1.38 bits per heavy atom. The van der Waals surface area contributed by atoms with E-state index < -0.39 is 5.41 Å². The Morgan fingerprint density at radius 2 is 2.06 bits per heavy atom. The van der Waals surface area contributed by atoms with E-state index in [2.05, 4.69) is 22.4 Å². The van der Waals surface area contributed by atoms with E-state index >= 15 is 0 Å². The number of aromatic nitrogens is 2. The highest BCUT2D eigenvalue weighted by atomic mass is 32.1. The van der Waals surface area contributed by atoms with E-state index in [1.54, 1.807) is 0 Å². The third-order valence-corrected chi connectivity index (χ3v) is 3.01. The maximum absolute atomic E-state index is 11.7. The topological polar surface area (TPSA) is 54.9 Å². The molecule has 1 aromatic rings. The molecule has 0 saturated carbocycles. The van der Waals surface area contributed by atoms with E-state index in [4.69, 9.17) is 0 Å². The SMILES string of the molecule is CCCCc1nnc(NC(=O)C(C)(C)C)s1. The fraction of sp³-hybridized carbons (Fsp3) is 0.727. The summed E-state index contributed by atoms with van der Waals surface area (Å²) in [5, 5.41) is 12.4. The molecule has 90 valence electrons. The Kier molecular flexibility index (Phi) is 4.41. The molecule has 0 aromatic carbocycles. The average Bonchev–Trinajstić information content (AvgIpc) is 2.61. The van der Waals surface area contributed by atoms with Gasteiger partial charge in [-0.25, -0.2) is 0 Å². The largest absolute Gasteiger partial charge is 0.300 e. The number of nitrogens with one attached hydrogen (secondary N) is 1. The first-order chi connectivity index (χ1) is 7.43. The third kappa shape index (κ3) is 3.89. The summed E-state index contributed by atoms with van der Waals surface area (Å²) in [5.41, 5.74) is -0.394. The first kappa shape index (κ1) is 13.1. The van der Waals surface area contributed by atoms with Gasteiger partial charge in [0.15, 0.2) is 0 Å². The lowest BCUT2D eigenvalue weighted by Gasteiger charge is -2.15. The van der Waals surface area contributed by atoms with Gasteiger partial charge in [-0.1, -0.05) is 45.5 Å². The van der Waals surface area contributed by atoms with Crippen LogP contribution in [0.4, 0.5) is 5.13 Å². The molecule has 0 bridgehead atoms. The highest BCUT2D eigenvalue weighted by molar-refractivity contribution is 7.15. The zero-order valence-electron chi connectivity index (χ0n) is 10.3. The van der Waals surface area contributed by atoms with Gasteiger partial charge in [-0.2, -0.15) is 0 Å². The summed E-state index contributed by atoms with van der Waals surface area (Å²) in [5.74, 6) is -0.0225. The second-order valence-corrected chi connectivity index (χ2v) is 5.87. The Morgan fingerprint density at radius 3 is 2.62 bits per heavy atom. The van der Waals surface area contributed by atoms with E-state index in [-0.39, 0.29) is 5.91 Å². The van der Waals surface area contributed by atoms with Crippen molar-refractivity contribution in [2.75, 3.05) is 5.32 Å². The van der Waals surface area contributed by atoms with Crippen molar-refractivity contribution in [1.29, 1.82) is 0 Å². The number of hydrogen-bond donors (Lipinski definition) is 1. The Bertz CT molecular complexity index is 354. The van der Waals surface area contributed by atoms with E-state index in [1.165, 1.54) is 11.3 Å². The van der Waals surface area contributed by atoms with Crippen molar-refractivity contribution in [2.24, 2.45) is 5.41 Å². The highest BCUT2D eigenvalue weighted by Gasteiger charge is 2.22. The summed E-state index contributed by atoms with van der Waals surface area (Å²) in [6, 6.07) is 0. The third-order valence-electron chi connectivity index (χ3n) is 2.11. The molecular weight excluding hydrogens is 222 g/mol. The van der Waals surface area contributed by atoms with Crippen LogP contribution < -0.4 is 5.32 Å². The zero-order valence-corrected chi connectivity index (χ0v) is 11.1. The Balaban J connectivity index is 2.55. The van der Waals surface area contributed by atoms with Gasteiger partial charge >= 0.3 is 0 Å². The molecule has 0 unspecified atom stereocenters. The van der Waals surface area contributed by atoms with Crippen LogP contribution in [0.25, 0.3) is 0 Å². The quantitative estimate of drug-likeness (QED) is 0.882. The molecular formula is C11H19N3OS. The number of carbonyl (C=O) groups is 1. The molecule has 1 N–H and O–H groups in total. The lowest BCUT2D eigenvalue weighted by Crippen LogP contribution is -2.27. The molecule has 1 amide bonds. The standard InChI is InChI=1S/C11H19N3OS/c1-5-6-7-8-13-14-10(16-8)12-9(15)11(2,3)4/h5-7H2,1-4H3,(H,12,14,15). The molecule has 0 fully saturated rings. The summed E-state index contributed by atoms with van der Waals surface area (Å²) in [6.45, 7) is 7.77. The second kappa shape index (κ2) is 5.39. The molecule has 0 radical (unpaired) electrons. The van der Waals surface area contributed by atoms with Crippen LogP contribution in [0.5, 0.6) is 0 Å². The normalized spacial score (nSPS) is 11.5. The van der Waals surface area contributed by atoms with Crippen molar-refractivity contribution in [1.82, 2.24) is 10.2 Å². The molecule has 16 heavy (non-hydrogen) atoms. The maximum Gasteiger partial charge on any atom is 0.231 e. The fourth-order valence-corrected chi connectivity index (χ4v) is 1.79.